The van der Waals surface area contributed by atoms with Gasteiger partial charge in [-0.25, -0.2) is 6.08 Å². The van der Waals surface area contributed by atoms with E-state index in [1.807, 2.05) is 0 Å². The van der Waals surface area contributed by atoms with Crippen molar-refractivity contribution in [2.75, 3.05) is 0 Å². The van der Waals surface area contributed by atoms with Crippen LogP contribution in [-0.2, 0) is 36.6 Å². The Balaban J connectivity index is 0.000000238. The topological polar surface area (TPSA) is 0 Å². The second kappa shape index (κ2) is 21.9. The normalized spacial score (nSPS) is 13.6. The van der Waals surface area contributed by atoms with Gasteiger partial charge < -0.3 is 24.8 Å². The van der Waals surface area contributed by atoms with Crippen molar-refractivity contribution in [2.24, 2.45) is 17.3 Å². The second-order valence-corrected chi connectivity index (χ2v) is 20.0. The van der Waals surface area contributed by atoms with Crippen molar-refractivity contribution in [1.82, 2.24) is 0 Å². The van der Waals surface area contributed by atoms with Gasteiger partial charge in [0.25, 0.3) is 0 Å². The number of alkyl halides is 6. The number of allylic oxidation sites excluding steroid dienone is 4. The van der Waals surface area contributed by atoms with Gasteiger partial charge >= 0.3 is 137 Å². The van der Waals surface area contributed by atoms with Gasteiger partial charge in [-0.05, 0) is 74.9 Å². The molecule has 1 aliphatic rings. The first-order valence-corrected chi connectivity index (χ1v) is 23.1. The van der Waals surface area contributed by atoms with E-state index in [2.05, 4.69) is 161 Å². The third kappa shape index (κ3) is 13.2. The maximum atomic E-state index is 12.5. The van der Waals surface area contributed by atoms with Gasteiger partial charge in [-0.15, -0.1) is 39.7 Å². The van der Waals surface area contributed by atoms with E-state index in [-0.39, 0.29) is 30.2 Å². The van der Waals surface area contributed by atoms with Gasteiger partial charge in [-0.1, -0.05) is 123 Å². The monoisotopic (exact) mass is 1030 g/mol. The Bertz CT molecular complexity index is 2700. The van der Waals surface area contributed by atoms with Gasteiger partial charge in [0, 0.05) is 0 Å². The molecule has 0 saturated carbocycles. The number of rotatable bonds is 5. The fourth-order valence-corrected chi connectivity index (χ4v) is 9.57. The fraction of sp³-hybridized carbons (Fsp3) is 0.276. The van der Waals surface area contributed by atoms with Crippen LogP contribution in [0.25, 0.3) is 43.8 Å². The minimum absolute atomic E-state index is 0. The van der Waals surface area contributed by atoms with Crippen LogP contribution in [0.3, 0.4) is 0 Å². The summed E-state index contributed by atoms with van der Waals surface area (Å²) in [6, 6.07) is 34.5. The average Bonchev–Trinajstić information content (AvgIpc) is 3.86. The number of hydrogen-bond donors (Lipinski definition) is 0. The van der Waals surface area contributed by atoms with Crippen LogP contribution in [0.2, 0.25) is 0 Å². The average molecular weight is 1030 g/mol. The largest absolute Gasteiger partial charge is 1.00 e. The Morgan fingerprint density at radius 1 is 0.552 bits per heavy atom. The van der Waals surface area contributed by atoms with Crippen molar-refractivity contribution in [1.29, 1.82) is 0 Å². The van der Waals surface area contributed by atoms with Gasteiger partial charge in [-0.3, -0.25) is 6.08 Å². The van der Waals surface area contributed by atoms with E-state index in [1.165, 1.54) is 107 Å². The van der Waals surface area contributed by atoms with Crippen LogP contribution >= 0.6 is 0 Å². The third-order valence-corrected chi connectivity index (χ3v) is 13.4. The molecule has 0 spiro atoms. The van der Waals surface area contributed by atoms with Gasteiger partial charge in [-0.2, -0.15) is 11.6 Å². The molecule has 67 heavy (non-hydrogen) atoms. The predicted octanol–water partition coefficient (Wildman–Crippen LogP) is 11.3. The van der Waals surface area contributed by atoms with Crippen molar-refractivity contribution < 1.29 is 75.4 Å². The molecule has 0 aliphatic heterocycles. The summed E-state index contributed by atoms with van der Waals surface area (Å²) in [6.45, 7) is 24.5. The van der Waals surface area contributed by atoms with Crippen LogP contribution in [0.4, 0.5) is 26.3 Å². The quantitative estimate of drug-likeness (QED) is 0.119. The molecular formula is C58H56Cl2F6Zr-2. The first-order chi connectivity index (χ1) is 30.3. The van der Waals surface area contributed by atoms with Gasteiger partial charge in [0.2, 0.25) is 0 Å². The van der Waals surface area contributed by atoms with Gasteiger partial charge in [0.15, 0.2) is 0 Å². The summed E-state index contributed by atoms with van der Waals surface area (Å²) in [4.78, 5) is 0. The number of benzene rings is 6. The molecule has 0 saturated heterocycles. The van der Waals surface area contributed by atoms with Gasteiger partial charge in [0.05, 0.1) is 0 Å². The van der Waals surface area contributed by atoms with E-state index < -0.39 is 23.5 Å². The van der Waals surface area contributed by atoms with Crippen molar-refractivity contribution in [2.45, 2.75) is 88.5 Å². The summed E-state index contributed by atoms with van der Waals surface area (Å²) in [5.41, 5.74) is 14.7. The molecule has 9 heteroatoms. The van der Waals surface area contributed by atoms with Crippen LogP contribution in [0.5, 0.6) is 0 Å². The first-order valence-electron chi connectivity index (χ1n) is 21.9. The molecule has 350 valence electrons. The minimum atomic E-state index is -4.41. The SMILES string of the molecule is CC(C)C1[C-]=CC(C(C)(C)C)=C1.Cc1cc(C)c(-c2ccc3c(c2)[cH-]c2cc(-c4c(C)cc(C)cc4C)ccc23)c(C)c1.FC(F)(F)c1ccc([C](=[Zr+2])c2ccc(C(F)(F)F)cc2)cc1.[Cl-].[Cl-]. The zero-order valence-electron chi connectivity index (χ0n) is 39.8. The van der Waals surface area contributed by atoms with E-state index in [1.54, 1.807) is 0 Å². The van der Waals surface area contributed by atoms with Crippen molar-refractivity contribution in [3.8, 4) is 22.3 Å². The third-order valence-electron chi connectivity index (χ3n) is 12.0. The fourth-order valence-electron chi connectivity index (χ4n) is 8.75. The standard InChI is InChI=1S/C31H29.C15H8F6.C12H19.2ClH.Zr/c1-18-11-20(3)30(21(4)12-18)24-7-9-28-26(15-24)17-27-16-25(8-10-29(27)28)31-22(5)13-19(2)14-23(31)6;16-14(17,18)12-5-1-10(2-6-12)9-11-3-7-13(8-4-11)15(19,20)21;1-9(2)10-6-7-11(8-10)12(3,4)5;;;/h7-17H,1-6H3;1-8H;7-10H,1-5H3;2*1H;/q-1;;-1;;;+2/p-2. The summed E-state index contributed by atoms with van der Waals surface area (Å²) >= 11 is 0.898. The Morgan fingerprint density at radius 2 is 0.910 bits per heavy atom. The van der Waals surface area contributed by atoms with E-state index in [0.717, 1.165) is 48.5 Å². The number of aryl methyl sites for hydroxylation is 6. The summed E-state index contributed by atoms with van der Waals surface area (Å²) in [6.07, 6.45) is -0.913. The number of fused-ring (bicyclic) bond motifs is 3. The van der Waals surface area contributed by atoms with E-state index in [9.17, 15) is 26.3 Å². The Morgan fingerprint density at radius 3 is 1.19 bits per heavy atom. The summed E-state index contributed by atoms with van der Waals surface area (Å²) < 4.78 is 75.6. The zero-order valence-corrected chi connectivity index (χ0v) is 43.8. The van der Waals surface area contributed by atoms with Crippen molar-refractivity contribution >= 4 is 24.8 Å². The van der Waals surface area contributed by atoms with E-state index in [0.29, 0.717) is 26.2 Å². The maximum absolute atomic E-state index is 12.5. The van der Waals surface area contributed by atoms with E-state index >= 15 is 0 Å². The molecule has 8 rings (SSSR count). The second-order valence-electron chi connectivity index (χ2n) is 18.8. The molecule has 0 amide bonds. The molecule has 0 bridgehead atoms. The molecule has 7 aromatic carbocycles. The molecule has 0 nitrogen and oxygen atoms in total. The molecule has 1 atom stereocenters. The summed E-state index contributed by atoms with van der Waals surface area (Å²) in [7, 11) is 0. The molecule has 0 radical (unpaired) electrons. The molecule has 1 unspecified atom stereocenters. The van der Waals surface area contributed by atoms with Crippen molar-refractivity contribution in [3.63, 3.8) is 0 Å². The van der Waals surface area contributed by atoms with Crippen LogP contribution in [0.1, 0.15) is 90.3 Å². The van der Waals surface area contributed by atoms with Crippen LogP contribution in [0, 0.1) is 64.9 Å². The number of halogens is 8. The molecule has 0 N–H and O–H groups in total. The smallest absolute Gasteiger partial charge is 1.00 e. The summed E-state index contributed by atoms with van der Waals surface area (Å²) in [5, 5.41) is 5.32. The van der Waals surface area contributed by atoms with Gasteiger partial charge in [0.1, 0.15) is 0 Å². The molecule has 0 heterocycles. The van der Waals surface area contributed by atoms with Crippen LogP contribution in [0.15, 0.2) is 133 Å². The number of hydrogen-bond acceptors (Lipinski definition) is 0. The molecule has 1 aliphatic carbocycles. The van der Waals surface area contributed by atoms with E-state index in [4.69, 9.17) is 0 Å². The zero-order chi connectivity index (χ0) is 47.8. The molecular weight excluding hydrogens is 973 g/mol. The Kier molecular flexibility index (Phi) is 18.0. The predicted molar refractivity (Wildman–Crippen MR) is 256 cm³/mol. The summed E-state index contributed by atoms with van der Waals surface area (Å²) in [5.74, 6) is 1.22. The Labute approximate surface area is 420 Å². The van der Waals surface area contributed by atoms with Crippen molar-refractivity contribution in [3.05, 3.63) is 195 Å². The molecule has 0 aromatic heterocycles. The Hall–Kier alpha value is -4.42. The molecule has 7 aromatic rings. The minimum Gasteiger partial charge on any atom is -1.00 e. The van der Waals surface area contributed by atoms with Crippen LogP contribution in [-0.4, -0.2) is 3.21 Å². The maximum Gasteiger partial charge on any atom is -1.00 e. The van der Waals surface area contributed by atoms with Crippen LogP contribution < -0.4 is 24.8 Å². The molecule has 0 fully saturated rings. The first kappa shape index (κ1) is 55.2.